The molecular formula is C14H29NO. The van der Waals surface area contributed by atoms with E-state index in [2.05, 4.69) is 33.0 Å². The van der Waals surface area contributed by atoms with Crippen molar-refractivity contribution in [2.45, 2.75) is 59.4 Å². The second kappa shape index (κ2) is 6.61. The molecule has 1 aliphatic rings. The summed E-state index contributed by atoms with van der Waals surface area (Å²) in [4.78, 5) is 0. The summed E-state index contributed by atoms with van der Waals surface area (Å²) in [5.74, 6) is 0.850. The van der Waals surface area contributed by atoms with Crippen LogP contribution in [-0.4, -0.2) is 25.8 Å². The van der Waals surface area contributed by atoms with Crippen molar-refractivity contribution in [2.24, 2.45) is 11.3 Å². The predicted molar refractivity (Wildman–Crippen MR) is 69.7 cm³/mol. The van der Waals surface area contributed by atoms with Gasteiger partial charge in [-0.25, -0.2) is 0 Å². The molecule has 1 saturated heterocycles. The van der Waals surface area contributed by atoms with Crippen molar-refractivity contribution in [3.05, 3.63) is 0 Å². The smallest absolute Gasteiger partial charge is 0.0471 e. The molecule has 1 fully saturated rings. The summed E-state index contributed by atoms with van der Waals surface area (Å²) in [5, 5.41) is 3.65. The van der Waals surface area contributed by atoms with Gasteiger partial charge in [0, 0.05) is 25.8 Å². The lowest BCUT2D eigenvalue weighted by atomic mass is 9.67. The first-order chi connectivity index (χ1) is 7.64. The first-order valence-electron chi connectivity index (χ1n) is 6.95. The maximum Gasteiger partial charge on any atom is 0.0471 e. The fraction of sp³-hybridized carbons (Fsp3) is 1.00. The first kappa shape index (κ1) is 14.0. The maximum atomic E-state index is 5.54. The molecule has 96 valence electrons. The molecule has 0 spiro atoms. The zero-order valence-corrected chi connectivity index (χ0v) is 11.5. The van der Waals surface area contributed by atoms with E-state index in [1.165, 1.54) is 32.2 Å². The van der Waals surface area contributed by atoms with E-state index < -0.39 is 0 Å². The van der Waals surface area contributed by atoms with Crippen molar-refractivity contribution in [2.75, 3.05) is 19.8 Å². The minimum Gasteiger partial charge on any atom is -0.381 e. The molecule has 1 aliphatic heterocycles. The lowest BCUT2D eigenvalue weighted by Crippen LogP contribution is -2.46. The Morgan fingerprint density at radius 3 is 2.12 bits per heavy atom. The molecule has 0 atom stereocenters. The van der Waals surface area contributed by atoms with Crippen LogP contribution in [0.4, 0.5) is 0 Å². The van der Waals surface area contributed by atoms with Crippen molar-refractivity contribution in [3.8, 4) is 0 Å². The van der Waals surface area contributed by atoms with Crippen molar-refractivity contribution < 1.29 is 4.74 Å². The summed E-state index contributed by atoms with van der Waals surface area (Å²) in [6.45, 7) is 12.2. The highest BCUT2D eigenvalue weighted by atomic mass is 16.5. The predicted octanol–water partition coefficient (Wildman–Crippen LogP) is 3.22. The van der Waals surface area contributed by atoms with Gasteiger partial charge in [0.1, 0.15) is 0 Å². The highest BCUT2D eigenvalue weighted by molar-refractivity contribution is 4.89. The summed E-state index contributed by atoms with van der Waals surface area (Å²) in [7, 11) is 0. The van der Waals surface area contributed by atoms with Gasteiger partial charge in [-0.3, -0.25) is 0 Å². The summed E-state index contributed by atoms with van der Waals surface area (Å²) in [6.07, 6.45) is 5.07. The molecule has 2 heteroatoms. The molecule has 0 bridgehead atoms. The van der Waals surface area contributed by atoms with Crippen LogP contribution in [0.2, 0.25) is 0 Å². The highest BCUT2D eigenvalue weighted by Crippen LogP contribution is 2.41. The van der Waals surface area contributed by atoms with Crippen LogP contribution in [0, 0.1) is 11.3 Å². The SMILES string of the molecule is CCC(CC)C1(CNC(C)C)CCOCC1. The first-order valence-corrected chi connectivity index (χ1v) is 6.95. The van der Waals surface area contributed by atoms with Crippen LogP contribution in [0.5, 0.6) is 0 Å². The Kier molecular flexibility index (Phi) is 5.77. The normalized spacial score (nSPS) is 20.6. The van der Waals surface area contributed by atoms with Gasteiger partial charge in [-0.05, 0) is 24.2 Å². The van der Waals surface area contributed by atoms with Crippen molar-refractivity contribution in [3.63, 3.8) is 0 Å². The van der Waals surface area contributed by atoms with Crippen LogP contribution in [-0.2, 0) is 4.74 Å². The van der Waals surface area contributed by atoms with Crippen molar-refractivity contribution in [1.29, 1.82) is 0 Å². The lowest BCUT2D eigenvalue weighted by molar-refractivity contribution is -0.0214. The van der Waals surface area contributed by atoms with Crippen molar-refractivity contribution >= 4 is 0 Å². The van der Waals surface area contributed by atoms with Crippen LogP contribution >= 0.6 is 0 Å². The van der Waals surface area contributed by atoms with Crippen LogP contribution in [0.25, 0.3) is 0 Å². The van der Waals surface area contributed by atoms with Gasteiger partial charge >= 0.3 is 0 Å². The van der Waals surface area contributed by atoms with Gasteiger partial charge < -0.3 is 10.1 Å². The van der Waals surface area contributed by atoms with Gasteiger partial charge in [-0.2, -0.15) is 0 Å². The molecule has 0 aromatic heterocycles. The topological polar surface area (TPSA) is 21.3 Å². The van der Waals surface area contributed by atoms with Gasteiger partial charge in [-0.1, -0.05) is 40.5 Å². The van der Waals surface area contributed by atoms with E-state index in [1.807, 2.05) is 0 Å². The van der Waals surface area contributed by atoms with Crippen LogP contribution in [0.3, 0.4) is 0 Å². The van der Waals surface area contributed by atoms with Crippen LogP contribution in [0.15, 0.2) is 0 Å². The molecule has 1 rings (SSSR count). The van der Waals surface area contributed by atoms with E-state index in [0.29, 0.717) is 11.5 Å². The average molecular weight is 227 g/mol. The van der Waals surface area contributed by atoms with E-state index in [9.17, 15) is 0 Å². The van der Waals surface area contributed by atoms with E-state index in [-0.39, 0.29) is 0 Å². The third kappa shape index (κ3) is 3.46. The molecule has 16 heavy (non-hydrogen) atoms. The Balaban J connectivity index is 2.65. The van der Waals surface area contributed by atoms with Gasteiger partial charge in [0.25, 0.3) is 0 Å². The van der Waals surface area contributed by atoms with Crippen molar-refractivity contribution in [1.82, 2.24) is 5.32 Å². The molecule has 1 N–H and O–H groups in total. The van der Waals surface area contributed by atoms with E-state index >= 15 is 0 Å². The molecule has 0 saturated carbocycles. The Morgan fingerprint density at radius 2 is 1.69 bits per heavy atom. The van der Waals surface area contributed by atoms with Crippen LogP contribution in [0.1, 0.15) is 53.4 Å². The standard InChI is InChI=1S/C14H29NO/c1-5-13(6-2)14(11-15-12(3)4)7-9-16-10-8-14/h12-13,15H,5-11H2,1-4H3. The molecular weight excluding hydrogens is 198 g/mol. The summed E-state index contributed by atoms with van der Waals surface area (Å²) < 4.78 is 5.54. The molecule has 0 radical (unpaired) electrons. The Labute approximate surface area is 101 Å². The number of nitrogens with one attached hydrogen (secondary N) is 1. The second-order valence-electron chi connectivity index (χ2n) is 5.52. The van der Waals surface area contributed by atoms with E-state index in [4.69, 9.17) is 4.74 Å². The number of rotatable bonds is 6. The quantitative estimate of drug-likeness (QED) is 0.752. The zero-order valence-electron chi connectivity index (χ0n) is 11.5. The lowest BCUT2D eigenvalue weighted by Gasteiger charge is -2.44. The fourth-order valence-corrected chi connectivity index (χ4v) is 3.07. The van der Waals surface area contributed by atoms with Gasteiger partial charge in [0.15, 0.2) is 0 Å². The Bertz CT molecular complexity index is 181. The Morgan fingerprint density at radius 1 is 1.12 bits per heavy atom. The maximum absolute atomic E-state index is 5.54. The van der Waals surface area contributed by atoms with E-state index in [1.54, 1.807) is 0 Å². The minimum atomic E-state index is 0.492. The third-order valence-corrected chi connectivity index (χ3v) is 4.20. The van der Waals surface area contributed by atoms with Gasteiger partial charge in [-0.15, -0.1) is 0 Å². The van der Waals surface area contributed by atoms with Gasteiger partial charge in [0.05, 0.1) is 0 Å². The second-order valence-corrected chi connectivity index (χ2v) is 5.52. The number of ether oxygens (including phenoxy) is 1. The highest BCUT2D eigenvalue weighted by Gasteiger charge is 2.38. The van der Waals surface area contributed by atoms with E-state index in [0.717, 1.165) is 19.1 Å². The summed E-state index contributed by atoms with van der Waals surface area (Å²) >= 11 is 0. The third-order valence-electron chi connectivity index (χ3n) is 4.20. The monoisotopic (exact) mass is 227 g/mol. The molecule has 0 aromatic carbocycles. The summed E-state index contributed by atoms with van der Waals surface area (Å²) in [5.41, 5.74) is 0.492. The Hall–Kier alpha value is -0.0800. The molecule has 2 nitrogen and oxygen atoms in total. The molecule has 0 unspecified atom stereocenters. The largest absolute Gasteiger partial charge is 0.381 e. The van der Waals surface area contributed by atoms with Crippen LogP contribution < -0.4 is 5.32 Å². The fourth-order valence-electron chi connectivity index (χ4n) is 3.07. The molecule has 1 heterocycles. The summed E-state index contributed by atoms with van der Waals surface area (Å²) in [6, 6.07) is 0.592. The molecule has 0 aromatic rings. The number of hydrogen-bond acceptors (Lipinski definition) is 2. The zero-order chi connectivity index (χ0) is 12.0. The molecule has 0 aliphatic carbocycles. The number of hydrogen-bond donors (Lipinski definition) is 1. The minimum absolute atomic E-state index is 0.492. The average Bonchev–Trinajstić information content (AvgIpc) is 2.29. The molecule has 0 amide bonds. The van der Waals surface area contributed by atoms with Gasteiger partial charge in [0.2, 0.25) is 0 Å².